The van der Waals surface area contributed by atoms with Gasteiger partial charge in [-0.05, 0) is 19.4 Å². The van der Waals surface area contributed by atoms with Gasteiger partial charge in [0.25, 0.3) is 5.91 Å². The molecule has 3 N–H and O–H groups in total. The highest BCUT2D eigenvalue weighted by Gasteiger charge is 2.73. The Labute approximate surface area is 140 Å². The highest BCUT2D eigenvalue weighted by molar-refractivity contribution is 6.13. The number of fused-ring (bicyclic) bond motifs is 4. The number of quaternary nitrogens is 1. The van der Waals surface area contributed by atoms with Crippen molar-refractivity contribution < 1.29 is 19.7 Å². The first-order chi connectivity index (χ1) is 11.5. The molecule has 6 heteroatoms. The Balaban J connectivity index is 1.82. The minimum Gasteiger partial charge on any atom is -0.326 e. The van der Waals surface area contributed by atoms with E-state index in [0.29, 0.717) is 6.54 Å². The molecule has 1 aromatic carbocycles. The first-order valence-electron chi connectivity index (χ1n) is 8.64. The van der Waals surface area contributed by atoms with Crippen molar-refractivity contribution in [3.8, 4) is 0 Å². The number of nitrogens with one attached hydrogen (secondary N) is 1. The predicted molar refractivity (Wildman–Crippen MR) is 86.7 cm³/mol. The summed E-state index contributed by atoms with van der Waals surface area (Å²) in [5.41, 5.74) is 0.570. The molecule has 3 amide bonds. The second kappa shape index (κ2) is 5.14. The van der Waals surface area contributed by atoms with Gasteiger partial charge in [-0.25, -0.2) is 0 Å². The lowest BCUT2D eigenvalue weighted by Gasteiger charge is -2.25. The summed E-state index contributed by atoms with van der Waals surface area (Å²) in [4.78, 5) is 40.2. The first kappa shape index (κ1) is 15.3. The molecule has 24 heavy (non-hydrogen) atoms. The lowest BCUT2D eigenvalue weighted by atomic mass is 9.76. The Morgan fingerprint density at radius 2 is 1.96 bits per heavy atom. The molecule has 0 radical (unpaired) electrons. The molecule has 2 saturated heterocycles. The number of hydrogen-bond acceptors (Lipinski definition) is 3. The molecule has 0 unspecified atom stereocenters. The van der Waals surface area contributed by atoms with E-state index in [4.69, 9.17) is 0 Å². The van der Waals surface area contributed by atoms with Gasteiger partial charge in [-0.1, -0.05) is 31.5 Å². The van der Waals surface area contributed by atoms with Crippen molar-refractivity contribution in [3.63, 3.8) is 0 Å². The minimum atomic E-state index is -1.01. The lowest BCUT2D eigenvalue weighted by molar-refractivity contribution is -0.730. The van der Waals surface area contributed by atoms with Crippen molar-refractivity contribution >= 4 is 23.4 Å². The number of nitrogens with two attached hydrogens (primary N) is 1. The molecule has 3 heterocycles. The quantitative estimate of drug-likeness (QED) is 0.778. The number of para-hydroxylation sites is 1. The molecule has 3 aliphatic rings. The van der Waals surface area contributed by atoms with Crippen LogP contribution in [0.2, 0.25) is 0 Å². The molecule has 0 bridgehead atoms. The smallest absolute Gasteiger partial charge is 0.291 e. The van der Waals surface area contributed by atoms with Crippen LogP contribution in [0.15, 0.2) is 24.3 Å². The highest BCUT2D eigenvalue weighted by atomic mass is 16.2. The molecule has 1 spiro atoms. The SMILES string of the molecule is CCCCN1C(=O)[C@H]2[C@@H](C1=O)[C@]1([NH2+][C@@H]2C)C(=O)Nc2ccccc21. The Morgan fingerprint density at radius 3 is 2.71 bits per heavy atom. The molecular weight excluding hydrogens is 306 g/mol. The molecule has 4 rings (SSSR count). The molecule has 126 valence electrons. The van der Waals surface area contributed by atoms with E-state index < -0.39 is 17.4 Å². The number of anilines is 1. The second-order valence-electron chi connectivity index (χ2n) is 7.08. The van der Waals surface area contributed by atoms with E-state index >= 15 is 0 Å². The molecule has 0 aromatic heterocycles. The van der Waals surface area contributed by atoms with Gasteiger partial charge in [0.1, 0.15) is 11.8 Å². The van der Waals surface area contributed by atoms with Crippen LogP contribution in [0, 0.1) is 11.8 Å². The number of benzene rings is 1. The molecule has 6 nitrogen and oxygen atoms in total. The summed E-state index contributed by atoms with van der Waals surface area (Å²) in [6.07, 6.45) is 1.72. The van der Waals surface area contributed by atoms with Gasteiger partial charge in [-0.15, -0.1) is 0 Å². The van der Waals surface area contributed by atoms with Gasteiger partial charge in [-0.2, -0.15) is 0 Å². The molecule has 2 fully saturated rings. The summed E-state index contributed by atoms with van der Waals surface area (Å²) in [6.45, 7) is 4.42. The van der Waals surface area contributed by atoms with Crippen molar-refractivity contribution in [2.75, 3.05) is 11.9 Å². The van der Waals surface area contributed by atoms with Gasteiger partial charge in [0.2, 0.25) is 17.4 Å². The van der Waals surface area contributed by atoms with Crippen LogP contribution in [-0.4, -0.2) is 35.2 Å². The van der Waals surface area contributed by atoms with E-state index in [1.165, 1.54) is 4.90 Å². The zero-order valence-electron chi connectivity index (χ0n) is 13.9. The summed E-state index contributed by atoms with van der Waals surface area (Å²) < 4.78 is 0. The monoisotopic (exact) mass is 328 g/mol. The zero-order valence-corrected chi connectivity index (χ0v) is 13.9. The summed E-state index contributed by atoms with van der Waals surface area (Å²) in [7, 11) is 0. The van der Waals surface area contributed by atoms with E-state index in [9.17, 15) is 14.4 Å². The van der Waals surface area contributed by atoms with E-state index in [2.05, 4.69) is 5.32 Å². The molecule has 4 atom stereocenters. The van der Waals surface area contributed by atoms with Crippen LogP contribution in [-0.2, 0) is 19.9 Å². The second-order valence-corrected chi connectivity index (χ2v) is 7.08. The Morgan fingerprint density at radius 1 is 1.21 bits per heavy atom. The van der Waals surface area contributed by atoms with Crippen LogP contribution in [0.25, 0.3) is 0 Å². The maximum absolute atomic E-state index is 13.1. The Hall–Kier alpha value is -2.21. The highest BCUT2D eigenvalue weighted by Crippen LogP contribution is 2.48. The topological polar surface area (TPSA) is 83.1 Å². The van der Waals surface area contributed by atoms with E-state index in [-0.39, 0.29) is 23.8 Å². The zero-order chi connectivity index (χ0) is 17.1. The van der Waals surface area contributed by atoms with Crippen LogP contribution in [0.3, 0.4) is 0 Å². The van der Waals surface area contributed by atoms with Gasteiger partial charge in [0.15, 0.2) is 0 Å². The summed E-state index contributed by atoms with van der Waals surface area (Å²) in [6, 6.07) is 7.39. The Bertz CT molecular complexity index is 747. The summed E-state index contributed by atoms with van der Waals surface area (Å²) in [5, 5.41) is 4.83. The van der Waals surface area contributed by atoms with Crippen molar-refractivity contribution in [1.82, 2.24) is 4.90 Å². The van der Waals surface area contributed by atoms with E-state index in [0.717, 1.165) is 24.1 Å². The standard InChI is InChI=1S/C18H21N3O3/c1-3-4-9-21-15(22)13-10(2)20-18(14(13)16(21)23)11-7-5-6-8-12(11)19-17(18)24/h5-8,10,13-14,20H,3-4,9H2,1-2H3,(H,19,24)/p+1/t10-,13-,14+,18+/m1/s1. The maximum Gasteiger partial charge on any atom is 0.291 e. The number of carbonyl (C=O) groups is 3. The van der Waals surface area contributed by atoms with Crippen molar-refractivity contribution in [1.29, 1.82) is 0 Å². The number of hydrogen-bond donors (Lipinski definition) is 2. The summed E-state index contributed by atoms with van der Waals surface area (Å²) >= 11 is 0. The minimum absolute atomic E-state index is 0.102. The fraction of sp³-hybridized carbons (Fsp3) is 0.500. The van der Waals surface area contributed by atoms with Crippen LogP contribution in [0.1, 0.15) is 32.3 Å². The Kier molecular flexibility index (Phi) is 3.28. The van der Waals surface area contributed by atoms with Gasteiger partial charge in [0, 0.05) is 12.1 Å². The normalized spacial score (nSPS) is 34.0. The third-order valence-corrected chi connectivity index (χ3v) is 5.76. The molecule has 0 aliphatic carbocycles. The molecule has 1 aromatic rings. The first-order valence-corrected chi connectivity index (χ1v) is 8.64. The van der Waals surface area contributed by atoms with Gasteiger partial charge >= 0.3 is 0 Å². The van der Waals surface area contributed by atoms with Gasteiger partial charge in [0.05, 0.1) is 11.7 Å². The number of unbranched alkanes of at least 4 members (excludes halogenated alkanes) is 1. The lowest BCUT2D eigenvalue weighted by Crippen LogP contribution is -2.98. The number of likely N-dealkylation sites (tertiary alicyclic amines) is 1. The van der Waals surface area contributed by atoms with E-state index in [1.54, 1.807) is 0 Å². The van der Waals surface area contributed by atoms with Gasteiger partial charge < -0.3 is 10.6 Å². The molecule has 3 aliphatic heterocycles. The molecular formula is C18H22N3O3+. The maximum atomic E-state index is 13.1. The van der Waals surface area contributed by atoms with Crippen LogP contribution < -0.4 is 10.6 Å². The third-order valence-electron chi connectivity index (χ3n) is 5.76. The van der Waals surface area contributed by atoms with Crippen LogP contribution in [0.4, 0.5) is 5.69 Å². The van der Waals surface area contributed by atoms with Crippen molar-refractivity contribution in [2.24, 2.45) is 11.8 Å². The van der Waals surface area contributed by atoms with E-state index in [1.807, 2.05) is 43.4 Å². The number of amides is 3. The van der Waals surface area contributed by atoms with Gasteiger partial charge in [-0.3, -0.25) is 19.3 Å². The van der Waals surface area contributed by atoms with Crippen LogP contribution >= 0.6 is 0 Å². The average Bonchev–Trinajstić information content (AvgIpc) is 3.12. The van der Waals surface area contributed by atoms with Crippen molar-refractivity contribution in [2.45, 2.75) is 38.3 Å². The number of rotatable bonds is 3. The predicted octanol–water partition coefficient (Wildman–Crippen LogP) is 0.201. The number of carbonyl (C=O) groups excluding carboxylic acids is 3. The summed E-state index contributed by atoms with van der Waals surface area (Å²) in [5.74, 6) is -1.52. The fourth-order valence-electron chi connectivity index (χ4n) is 4.69. The largest absolute Gasteiger partial charge is 0.326 e. The average molecular weight is 328 g/mol. The number of nitrogens with zero attached hydrogens (tertiary/aromatic N) is 1. The molecule has 0 saturated carbocycles. The van der Waals surface area contributed by atoms with Crippen molar-refractivity contribution in [3.05, 3.63) is 29.8 Å². The van der Waals surface area contributed by atoms with Crippen LogP contribution in [0.5, 0.6) is 0 Å². The third kappa shape index (κ3) is 1.72. The number of imide groups is 1. The fourth-order valence-corrected chi connectivity index (χ4v) is 4.69.